The Morgan fingerprint density at radius 1 is 1.26 bits per heavy atom. The van der Waals surface area contributed by atoms with Crippen LogP contribution in [0, 0.1) is 15.9 Å². The van der Waals surface area contributed by atoms with E-state index in [1.165, 1.54) is 35.2 Å². The zero-order valence-electron chi connectivity index (χ0n) is 12.0. The van der Waals surface area contributed by atoms with Gasteiger partial charge in [-0.1, -0.05) is 23.7 Å². The minimum absolute atomic E-state index is 0.0651. The van der Waals surface area contributed by atoms with Gasteiger partial charge in [-0.2, -0.15) is 0 Å². The second-order valence-electron chi connectivity index (χ2n) is 5.19. The predicted octanol–water partition coefficient (Wildman–Crippen LogP) is 3.98. The minimum atomic E-state index is -0.619. The number of rotatable bonds is 2. The molecule has 0 N–H and O–H groups in total. The first-order valence-corrected chi connectivity index (χ1v) is 7.40. The van der Waals surface area contributed by atoms with Gasteiger partial charge in [0.05, 0.1) is 10.6 Å². The molecule has 1 heterocycles. The van der Waals surface area contributed by atoms with Crippen LogP contribution in [-0.4, -0.2) is 17.4 Å². The molecule has 0 fully saturated rings. The van der Waals surface area contributed by atoms with E-state index in [1.807, 2.05) is 0 Å². The van der Waals surface area contributed by atoms with E-state index in [0.29, 0.717) is 23.4 Å². The van der Waals surface area contributed by atoms with Gasteiger partial charge in [0.1, 0.15) is 11.4 Å². The first-order valence-electron chi connectivity index (χ1n) is 7.03. The molecule has 1 aliphatic heterocycles. The molecule has 118 valence electrons. The van der Waals surface area contributed by atoms with Gasteiger partial charge >= 0.3 is 0 Å². The SMILES string of the molecule is O=C(c1ccccc1[N+](=O)[O-])N1CCCc2c(Cl)ccc(F)c21. The summed E-state index contributed by atoms with van der Waals surface area (Å²) in [6, 6.07) is 8.31. The molecule has 0 unspecified atom stereocenters. The van der Waals surface area contributed by atoms with Crippen molar-refractivity contribution in [3.63, 3.8) is 0 Å². The van der Waals surface area contributed by atoms with Gasteiger partial charge in [-0.3, -0.25) is 14.9 Å². The first-order chi connectivity index (χ1) is 11.0. The van der Waals surface area contributed by atoms with Crippen molar-refractivity contribution in [3.8, 4) is 0 Å². The standard InChI is InChI=1S/C16H12ClFN2O3/c17-12-7-8-13(18)15-10(12)5-3-9-19(15)16(21)11-4-1-2-6-14(11)20(22)23/h1-2,4,6-8H,3,5,9H2. The average molecular weight is 335 g/mol. The van der Waals surface area contributed by atoms with Crippen LogP contribution in [0.15, 0.2) is 36.4 Å². The van der Waals surface area contributed by atoms with Crippen molar-refractivity contribution in [2.45, 2.75) is 12.8 Å². The number of carbonyl (C=O) groups excluding carboxylic acids is 1. The number of benzene rings is 2. The van der Waals surface area contributed by atoms with E-state index in [1.54, 1.807) is 6.07 Å². The topological polar surface area (TPSA) is 63.4 Å². The Kier molecular flexibility index (Phi) is 4.00. The maximum Gasteiger partial charge on any atom is 0.282 e. The van der Waals surface area contributed by atoms with E-state index < -0.39 is 16.6 Å². The molecule has 0 aromatic heterocycles. The van der Waals surface area contributed by atoms with Crippen LogP contribution in [0.2, 0.25) is 5.02 Å². The van der Waals surface area contributed by atoms with Crippen LogP contribution >= 0.6 is 11.6 Å². The molecule has 23 heavy (non-hydrogen) atoms. The molecule has 3 rings (SSSR count). The highest BCUT2D eigenvalue weighted by Gasteiger charge is 2.31. The van der Waals surface area contributed by atoms with Crippen molar-refractivity contribution in [2.24, 2.45) is 0 Å². The normalized spacial score (nSPS) is 13.6. The number of nitro benzene ring substituents is 1. The zero-order valence-corrected chi connectivity index (χ0v) is 12.7. The molecular formula is C16H12ClFN2O3. The summed E-state index contributed by atoms with van der Waals surface area (Å²) in [5.74, 6) is -1.16. The lowest BCUT2D eigenvalue weighted by molar-refractivity contribution is -0.385. The molecule has 1 aliphatic rings. The molecule has 2 aromatic carbocycles. The van der Waals surface area contributed by atoms with Crippen molar-refractivity contribution in [3.05, 3.63) is 68.5 Å². The van der Waals surface area contributed by atoms with Crippen molar-refractivity contribution >= 4 is 28.9 Å². The largest absolute Gasteiger partial charge is 0.305 e. The molecule has 0 aliphatic carbocycles. The van der Waals surface area contributed by atoms with E-state index in [0.717, 1.165) is 0 Å². The second-order valence-corrected chi connectivity index (χ2v) is 5.60. The van der Waals surface area contributed by atoms with E-state index in [9.17, 15) is 19.3 Å². The lowest BCUT2D eigenvalue weighted by atomic mass is 10.00. The number of nitro groups is 1. The Morgan fingerprint density at radius 2 is 2.00 bits per heavy atom. The molecule has 0 saturated heterocycles. The van der Waals surface area contributed by atoms with E-state index in [2.05, 4.69) is 0 Å². The van der Waals surface area contributed by atoms with Crippen LogP contribution in [0.4, 0.5) is 15.8 Å². The maximum absolute atomic E-state index is 14.3. The summed E-state index contributed by atoms with van der Waals surface area (Å²) in [4.78, 5) is 24.5. The molecule has 0 saturated carbocycles. The lowest BCUT2D eigenvalue weighted by Gasteiger charge is -2.30. The summed E-state index contributed by atoms with van der Waals surface area (Å²) >= 11 is 6.10. The number of carbonyl (C=O) groups is 1. The Labute approximate surface area is 136 Å². The quantitative estimate of drug-likeness (QED) is 0.616. The van der Waals surface area contributed by atoms with Gasteiger partial charge in [-0.15, -0.1) is 0 Å². The summed E-state index contributed by atoms with van der Waals surface area (Å²) in [5, 5.41) is 11.5. The zero-order chi connectivity index (χ0) is 16.6. The summed E-state index contributed by atoms with van der Waals surface area (Å²) in [6.45, 7) is 0.287. The molecule has 0 atom stereocenters. The van der Waals surface area contributed by atoms with Gasteiger partial charge in [-0.25, -0.2) is 4.39 Å². The van der Waals surface area contributed by atoms with Crippen LogP contribution in [0.25, 0.3) is 0 Å². The van der Waals surface area contributed by atoms with Crippen molar-refractivity contribution in [1.29, 1.82) is 0 Å². The molecule has 1 amide bonds. The van der Waals surface area contributed by atoms with Gasteiger partial charge in [0.2, 0.25) is 0 Å². The monoisotopic (exact) mass is 334 g/mol. The molecule has 7 heteroatoms. The highest BCUT2D eigenvalue weighted by atomic mass is 35.5. The number of amides is 1. The third-order valence-corrected chi connectivity index (χ3v) is 4.19. The Balaban J connectivity index is 2.11. The van der Waals surface area contributed by atoms with Gasteiger partial charge in [0.25, 0.3) is 11.6 Å². The van der Waals surface area contributed by atoms with Crippen LogP contribution in [0.5, 0.6) is 0 Å². The fraction of sp³-hybridized carbons (Fsp3) is 0.188. The van der Waals surface area contributed by atoms with Crippen LogP contribution in [0.3, 0.4) is 0 Å². The molecule has 2 aromatic rings. The summed E-state index contributed by atoms with van der Waals surface area (Å²) < 4.78 is 14.3. The van der Waals surface area contributed by atoms with E-state index >= 15 is 0 Å². The molecule has 0 spiro atoms. The van der Waals surface area contributed by atoms with Crippen molar-refractivity contribution in [2.75, 3.05) is 11.4 Å². The molecular weight excluding hydrogens is 323 g/mol. The number of para-hydroxylation sites is 1. The molecule has 0 radical (unpaired) electrons. The number of fused-ring (bicyclic) bond motifs is 1. The minimum Gasteiger partial charge on any atom is -0.305 e. The number of anilines is 1. The van der Waals surface area contributed by atoms with Crippen LogP contribution in [0.1, 0.15) is 22.3 Å². The summed E-state index contributed by atoms with van der Waals surface area (Å²) in [6.07, 6.45) is 1.18. The van der Waals surface area contributed by atoms with Crippen molar-refractivity contribution < 1.29 is 14.1 Å². The number of nitrogens with zero attached hydrogens (tertiary/aromatic N) is 2. The van der Waals surface area contributed by atoms with Crippen LogP contribution in [-0.2, 0) is 6.42 Å². The third-order valence-electron chi connectivity index (χ3n) is 3.83. The van der Waals surface area contributed by atoms with E-state index in [4.69, 9.17) is 11.6 Å². The fourth-order valence-electron chi connectivity index (χ4n) is 2.80. The van der Waals surface area contributed by atoms with Gasteiger partial charge in [0.15, 0.2) is 0 Å². The number of hydrogen-bond donors (Lipinski definition) is 0. The van der Waals surface area contributed by atoms with Crippen molar-refractivity contribution in [1.82, 2.24) is 0 Å². The van der Waals surface area contributed by atoms with Crippen LogP contribution < -0.4 is 4.90 Å². The summed E-state index contributed by atoms with van der Waals surface area (Å²) in [5.41, 5.74) is 0.313. The predicted molar refractivity (Wildman–Crippen MR) is 84.5 cm³/mol. The Bertz CT molecular complexity index is 810. The highest BCUT2D eigenvalue weighted by molar-refractivity contribution is 6.32. The Hall–Kier alpha value is -2.47. The molecule has 5 nitrogen and oxygen atoms in total. The second kappa shape index (κ2) is 5.96. The smallest absolute Gasteiger partial charge is 0.282 e. The van der Waals surface area contributed by atoms with Gasteiger partial charge in [-0.05, 0) is 36.6 Å². The van der Waals surface area contributed by atoms with Gasteiger partial charge in [0, 0.05) is 17.6 Å². The first kappa shape index (κ1) is 15.4. The lowest BCUT2D eigenvalue weighted by Crippen LogP contribution is -2.36. The van der Waals surface area contributed by atoms with E-state index in [-0.39, 0.29) is 23.5 Å². The van der Waals surface area contributed by atoms with Gasteiger partial charge < -0.3 is 4.90 Å². The molecule has 0 bridgehead atoms. The highest BCUT2D eigenvalue weighted by Crippen LogP contribution is 2.36. The Morgan fingerprint density at radius 3 is 2.74 bits per heavy atom. The number of hydrogen-bond acceptors (Lipinski definition) is 3. The number of halogens is 2. The summed E-state index contributed by atoms with van der Waals surface area (Å²) in [7, 11) is 0. The third kappa shape index (κ3) is 2.66. The maximum atomic E-state index is 14.3. The fourth-order valence-corrected chi connectivity index (χ4v) is 3.05. The average Bonchev–Trinajstić information content (AvgIpc) is 2.57.